The number of hydrogen-bond donors (Lipinski definition) is 1. The maximum Gasteiger partial charge on any atom is 0.187 e. The fraction of sp³-hybridized carbons (Fsp3) is 0.857. The normalized spacial score (nSPS) is 19.2. The molecule has 0 amide bonds. The van der Waals surface area contributed by atoms with Crippen LogP contribution in [0.3, 0.4) is 0 Å². The number of hydrogen-bond acceptors (Lipinski definition) is 2. The van der Waals surface area contributed by atoms with Crippen molar-refractivity contribution >= 4 is 8.32 Å². The van der Waals surface area contributed by atoms with Gasteiger partial charge in [-0.25, -0.2) is 0 Å². The Bertz CT molecular complexity index is 276. The molecule has 0 saturated heterocycles. The van der Waals surface area contributed by atoms with E-state index in [2.05, 4.69) is 40.4 Å². The highest BCUT2D eigenvalue weighted by Gasteiger charge is 2.32. The zero-order chi connectivity index (χ0) is 13.3. The smallest absolute Gasteiger partial charge is 0.187 e. The maximum absolute atomic E-state index is 6.13. The van der Waals surface area contributed by atoms with E-state index in [0.717, 1.165) is 0 Å². The summed E-state index contributed by atoms with van der Waals surface area (Å²) < 4.78 is 6.12. The van der Waals surface area contributed by atoms with Crippen LogP contribution in [-0.4, -0.2) is 21.0 Å². The molecule has 17 heavy (non-hydrogen) atoms. The van der Waals surface area contributed by atoms with Gasteiger partial charge in [0.15, 0.2) is 8.32 Å². The molecule has 0 aromatic carbocycles. The summed E-state index contributed by atoms with van der Waals surface area (Å²) in [5, 5.41) is 0. The van der Waals surface area contributed by atoms with Crippen LogP contribution in [0.5, 0.6) is 0 Å². The highest BCUT2D eigenvalue weighted by atomic mass is 28.4. The molecule has 2 nitrogen and oxygen atoms in total. The summed E-state index contributed by atoms with van der Waals surface area (Å²) in [6.45, 7) is 16.1. The molecule has 1 fully saturated rings. The molecular formula is C14H29NOSi. The molecule has 1 aliphatic rings. The minimum Gasteiger partial charge on any atom is -0.415 e. The fourth-order valence-electron chi connectivity index (χ4n) is 2.51. The summed E-state index contributed by atoms with van der Waals surface area (Å²) in [7, 11) is -1.58. The molecule has 1 aliphatic carbocycles. The Kier molecular flexibility index (Phi) is 4.61. The van der Waals surface area contributed by atoms with Gasteiger partial charge in [0.2, 0.25) is 0 Å². The molecule has 3 heteroatoms. The number of rotatable bonds is 6. The second-order valence-corrected chi connectivity index (χ2v) is 11.4. The summed E-state index contributed by atoms with van der Waals surface area (Å²) in [5.74, 6) is 0.681. The maximum atomic E-state index is 6.13. The minimum absolute atomic E-state index is 0.0363. The molecule has 2 N–H and O–H groups in total. The Morgan fingerprint density at radius 3 is 2.35 bits per heavy atom. The van der Waals surface area contributed by atoms with Crippen molar-refractivity contribution in [1.82, 2.24) is 0 Å². The Balaban J connectivity index is 2.35. The van der Waals surface area contributed by atoms with Crippen molar-refractivity contribution in [3.8, 4) is 0 Å². The lowest BCUT2D eigenvalue weighted by Gasteiger charge is -2.31. The summed E-state index contributed by atoms with van der Waals surface area (Å²) in [4.78, 5) is 0. The monoisotopic (exact) mass is 255 g/mol. The Morgan fingerprint density at radius 1 is 1.41 bits per heavy atom. The van der Waals surface area contributed by atoms with E-state index in [1.165, 1.54) is 24.5 Å². The molecule has 1 rings (SSSR count). The van der Waals surface area contributed by atoms with Gasteiger partial charge in [0.25, 0.3) is 0 Å². The van der Waals surface area contributed by atoms with Crippen molar-refractivity contribution in [2.24, 2.45) is 17.1 Å². The van der Waals surface area contributed by atoms with Crippen LogP contribution in [-0.2, 0) is 4.43 Å². The van der Waals surface area contributed by atoms with Crippen molar-refractivity contribution in [2.75, 3.05) is 6.61 Å². The first-order valence-corrected chi connectivity index (χ1v) is 9.80. The largest absolute Gasteiger partial charge is 0.415 e. The molecule has 0 bridgehead atoms. The van der Waals surface area contributed by atoms with Crippen molar-refractivity contribution in [3.05, 3.63) is 12.2 Å². The van der Waals surface area contributed by atoms with E-state index in [4.69, 9.17) is 10.2 Å². The van der Waals surface area contributed by atoms with Crippen molar-refractivity contribution in [3.63, 3.8) is 0 Å². The van der Waals surface area contributed by atoms with Crippen molar-refractivity contribution in [1.29, 1.82) is 0 Å². The predicted molar refractivity (Wildman–Crippen MR) is 77.5 cm³/mol. The predicted octanol–water partition coefficient (Wildman–Crippen LogP) is 3.55. The van der Waals surface area contributed by atoms with E-state index < -0.39 is 8.32 Å². The van der Waals surface area contributed by atoms with Crippen LogP contribution in [0.25, 0.3) is 0 Å². The van der Waals surface area contributed by atoms with Gasteiger partial charge in [-0.3, -0.25) is 0 Å². The molecule has 0 aromatic rings. The first kappa shape index (κ1) is 14.9. The van der Waals surface area contributed by atoms with Gasteiger partial charge in [-0.1, -0.05) is 32.9 Å². The van der Waals surface area contributed by atoms with Crippen LogP contribution in [0, 0.1) is 11.3 Å². The minimum atomic E-state index is -1.58. The van der Waals surface area contributed by atoms with Crippen molar-refractivity contribution in [2.45, 2.75) is 58.8 Å². The zero-order valence-electron chi connectivity index (χ0n) is 12.2. The van der Waals surface area contributed by atoms with Gasteiger partial charge >= 0.3 is 0 Å². The second-order valence-electron chi connectivity index (χ2n) is 7.26. The van der Waals surface area contributed by atoms with Crippen LogP contribution in [0.2, 0.25) is 19.1 Å². The molecule has 0 aromatic heterocycles. The Labute approximate surface area is 108 Å². The van der Waals surface area contributed by atoms with Crippen LogP contribution in [0.4, 0.5) is 0 Å². The third-order valence-electron chi connectivity index (χ3n) is 3.19. The van der Waals surface area contributed by atoms with Gasteiger partial charge in [-0.15, -0.1) is 0 Å². The molecule has 1 atom stereocenters. The van der Waals surface area contributed by atoms with Crippen LogP contribution in [0.1, 0.15) is 33.6 Å². The molecular weight excluding hydrogens is 226 g/mol. The summed E-state index contributed by atoms with van der Waals surface area (Å²) in [6.07, 6.45) is 2.55. The lowest BCUT2D eigenvalue weighted by atomic mass is 10.0. The second kappa shape index (κ2) is 5.25. The third kappa shape index (κ3) is 5.84. The zero-order valence-corrected chi connectivity index (χ0v) is 13.2. The lowest BCUT2D eigenvalue weighted by Crippen LogP contribution is -2.40. The molecule has 100 valence electrons. The molecule has 0 radical (unpaired) electrons. The molecule has 0 spiro atoms. The molecule has 0 aliphatic heterocycles. The number of nitrogens with two attached hydrogens (primary N) is 1. The summed E-state index contributed by atoms with van der Waals surface area (Å²) >= 11 is 0. The fourth-order valence-corrected chi connectivity index (χ4v) is 5.79. The summed E-state index contributed by atoms with van der Waals surface area (Å²) in [5.41, 5.74) is 7.67. The van der Waals surface area contributed by atoms with Gasteiger partial charge in [0.05, 0.1) is 6.61 Å². The van der Waals surface area contributed by atoms with E-state index in [0.29, 0.717) is 17.9 Å². The topological polar surface area (TPSA) is 35.2 Å². The van der Waals surface area contributed by atoms with E-state index >= 15 is 0 Å². The average Bonchev–Trinajstić information content (AvgIpc) is 2.92. The molecule has 1 saturated carbocycles. The Hall–Kier alpha value is -0.123. The standard InChI is InChI=1S/C14H29NOSi/c1-11(12-7-8-12)13(15)9-16-17(5,6)10-14(2,3)4/h12-13H,1,7-10,15H2,2-6H3/t13-/m1/s1. The van der Waals surface area contributed by atoms with E-state index in [1.807, 2.05) is 0 Å². The van der Waals surface area contributed by atoms with E-state index in [1.54, 1.807) is 0 Å². The van der Waals surface area contributed by atoms with Gasteiger partial charge < -0.3 is 10.2 Å². The quantitative estimate of drug-likeness (QED) is 0.582. The van der Waals surface area contributed by atoms with Crippen LogP contribution >= 0.6 is 0 Å². The van der Waals surface area contributed by atoms with Crippen LogP contribution in [0.15, 0.2) is 12.2 Å². The van der Waals surface area contributed by atoms with Gasteiger partial charge in [-0.2, -0.15) is 0 Å². The van der Waals surface area contributed by atoms with Gasteiger partial charge in [0.1, 0.15) is 0 Å². The third-order valence-corrected chi connectivity index (χ3v) is 6.05. The average molecular weight is 255 g/mol. The summed E-state index contributed by atoms with van der Waals surface area (Å²) in [6, 6.07) is 1.21. The van der Waals surface area contributed by atoms with Gasteiger partial charge in [0, 0.05) is 6.04 Å². The lowest BCUT2D eigenvalue weighted by molar-refractivity contribution is 0.276. The van der Waals surface area contributed by atoms with Crippen LogP contribution < -0.4 is 5.73 Å². The highest BCUT2D eigenvalue weighted by Crippen LogP contribution is 2.37. The van der Waals surface area contributed by atoms with E-state index in [-0.39, 0.29) is 6.04 Å². The Morgan fingerprint density at radius 2 is 1.94 bits per heavy atom. The van der Waals surface area contributed by atoms with Crippen molar-refractivity contribution < 1.29 is 4.43 Å². The SMILES string of the molecule is C=C(C1CC1)[C@H](N)CO[Si](C)(C)CC(C)(C)C. The van der Waals surface area contributed by atoms with E-state index in [9.17, 15) is 0 Å². The molecule has 0 unspecified atom stereocenters. The van der Waals surface area contributed by atoms with Gasteiger partial charge in [-0.05, 0) is 43.3 Å². The first-order chi connectivity index (χ1) is 7.61. The highest BCUT2D eigenvalue weighted by molar-refractivity contribution is 6.71. The first-order valence-electron chi connectivity index (χ1n) is 6.69. The molecule has 0 heterocycles.